The summed E-state index contributed by atoms with van der Waals surface area (Å²) in [7, 11) is 0. The number of carbonyl (C=O) groups excluding carboxylic acids is 1. The number of anilines is 1. The van der Waals surface area contributed by atoms with Crippen LogP contribution in [0.25, 0.3) is 0 Å². The van der Waals surface area contributed by atoms with Crippen LogP contribution in [0.3, 0.4) is 0 Å². The highest BCUT2D eigenvalue weighted by Crippen LogP contribution is 2.31. The number of aliphatic hydroxyl groups is 1. The third-order valence-corrected chi connectivity index (χ3v) is 3.82. The molecule has 0 aliphatic heterocycles. The summed E-state index contributed by atoms with van der Waals surface area (Å²) < 4.78 is 0. The predicted octanol–water partition coefficient (Wildman–Crippen LogP) is 1.94. The molecule has 4 N–H and O–H groups in total. The number of rotatable bonds is 3. The van der Waals surface area contributed by atoms with Crippen LogP contribution in [0.15, 0.2) is 24.3 Å². The van der Waals surface area contributed by atoms with Crippen LogP contribution in [0, 0.1) is 5.92 Å². The maximum Gasteiger partial charge on any atom is 0.251 e. The summed E-state index contributed by atoms with van der Waals surface area (Å²) in [5.41, 5.74) is 6.04. The largest absolute Gasteiger partial charge is 0.399 e. The highest BCUT2D eigenvalue weighted by Gasteiger charge is 2.32. The molecule has 0 spiro atoms. The molecule has 104 valence electrons. The lowest BCUT2D eigenvalue weighted by Gasteiger charge is -2.35. The lowest BCUT2D eigenvalue weighted by atomic mass is 9.79. The molecule has 1 amide bonds. The van der Waals surface area contributed by atoms with E-state index in [2.05, 4.69) is 12.2 Å². The van der Waals surface area contributed by atoms with Crippen LogP contribution in [0.1, 0.15) is 43.0 Å². The van der Waals surface area contributed by atoms with Crippen molar-refractivity contribution in [3.63, 3.8) is 0 Å². The highest BCUT2D eigenvalue weighted by molar-refractivity contribution is 5.94. The molecule has 1 fully saturated rings. The van der Waals surface area contributed by atoms with Gasteiger partial charge in [0.15, 0.2) is 0 Å². The van der Waals surface area contributed by atoms with Gasteiger partial charge in [0.1, 0.15) is 0 Å². The van der Waals surface area contributed by atoms with Crippen molar-refractivity contribution in [1.29, 1.82) is 0 Å². The Bertz CT molecular complexity index is 444. The SMILES string of the molecule is CC1CCCC(O)(CNC(=O)c2ccc(N)cc2)C1. The smallest absolute Gasteiger partial charge is 0.251 e. The van der Waals surface area contributed by atoms with E-state index in [-0.39, 0.29) is 5.91 Å². The maximum absolute atomic E-state index is 12.0. The van der Waals surface area contributed by atoms with Crippen molar-refractivity contribution < 1.29 is 9.90 Å². The van der Waals surface area contributed by atoms with E-state index in [1.165, 1.54) is 0 Å². The van der Waals surface area contributed by atoms with Crippen molar-refractivity contribution in [3.05, 3.63) is 29.8 Å². The zero-order chi connectivity index (χ0) is 13.9. The normalized spacial score (nSPS) is 26.9. The summed E-state index contributed by atoms with van der Waals surface area (Å²) >= 11 is 0. The molecule has 1 aromatic carbocycles. The average Bonchev–Trinajstić information content (AvgIpc) is 2.37. The summed E-state index contributed by atoms with van der Waals surface area (Å²) in [5, 5.41) is 13.3. The van der Waals surface area contributed by atoms with Gasteiger partial charge in [-0.3, -0.25) is 4.79 Å². The fourth-order valence-corrected chi connectivity index (χ4v) is 2.77. The third kappa shape index (κ3) is 3.70. The lowest BCUT2D eigenvalue weighted by molar-refractivity contribution is -0.0109. The van der Waals surface area contributed by atoms with Gasteiger partial charge in [0, 0.05) is 17.8 Å². The van der Waals surface area contributed by atoms with Gasteiger partial charge in [0.2, 0.25) is 0 Å². The van der Waals surface area contributed by atoms with E-state index < -0.39 is 5.60 Å². The van der Waals surface area contributed by atoms with Gasteiger partial charge in [0.05, 0.1) is 5.60 Å². The predicted molar refractivity (Wildman–Crippen MR) is 75.8 cm³/mol. The van der Waals surface area contributed by atoms with E-state index in [1.54, 1.807) is 24.3 Å². The molecule has 1 aliphatic rings. The molecule has 0 radical (unpaired) electrons. The Balaban J connectivity index is 1.91. The van der Waals surface area contributed by atoms with Crippen LogP contribution in [0.2, 0.25) is 0 Å². The summed E-state index contributed by atoms with van der Waals surface area (Å²) in [5.74, 6) is 0.360. The van der Waals surface area contributed by atoms with Crippen LogP contribution in [-0.2, 0) is 0 Å². The zero-order valence-electron chi connectivity index (χ0n) is 11.4. The first-order valence-corrected chi connectivity index (χ1v) is 6.85. The lowest BCUT2D eigenvalue weighted by Crippen LogP contribution is -2.45. The highest BCUT2D eigenvalue weighted by atomic mass is 16.3. The fourth-order valence-electron chi connectivity index (χ4n) is 2.77. The van der Waals surface area contributed by atoms with Crippen molar-refractivity contribution in [2.45, 2.75) is 38.2 Å². The first-order chi connectivity index (χ1) is 8.98. The molecule has 2 unspecified atom stereocenters. The van der Waals surface area contributed by atoms with Gasteiger partial charge in [-0.1, -0.05) is 19.8 Å². The minimum Gasteiger partial charge on any atom is -0.399 e. The van der Waals surface area contributed by atoms with E-state index in [1.807, 2.05) is 0 Å². The van der Waals surface area contributed by atoms with Crippen LogP contribution >= 0.6 is 0 Å². The van der Waals surface area contributed by atoms with Gasteiger partial charge in [-0.2, -0.15) is 0 Å². The standard InChI is InChI=1S/C15H22N2O2/c1-11-3-2-8-15(19,9-11)10-17-14(18)12-4-6-13(16)7-5-12/h4-7,11,19H,2-3,8-10,16H2,1H3,(H,17,18). The van der Waals surface area contributed by atoms with Crippen LogP contribution in [0.5, 0.6) is 0 Å². The number of nitrogens with one attached hydrogen (secondary N) is 1. The second kappa shape index (κ2) is 5.61. The molecule has 0 aromatic heterocycles. The second-order valence-corrected chi connectivity index (χ2v) is 5.73. The molecule has 0 bridgehead atoms. The van der Waals surface area contributed by atoms with E-state index in [4.69, 9.17) is 5.73 Å². The number of benzene rings is 1. The molecule has 4 heteroatoms. The Hall–Kier alpha value is -1.55. The molecule has 1 saturated carbocycles. The second-order valence-electron chi connectivity index (χ2n) is 5.73. The molecule has 2 atom stereocenters. The Kier molecular flexibility index (Phi) is 4.10. The number of nitrogen functional groups attached to an aromatic ring is 1. The molecule has 0 saturated heterocycles. The molecule has 0 heterocycles. The summed E-state index contributed by atoms with van der Waals surface area (Å²) in [6.45, 7) is 2.46. The summed E-state index contributed by atoms with van der Waals surface area (Å²) in [4.78, 5) is 12.0. The monoisotopic (exact) mass is 262 g/mol. The van der Waals surface area contributed by atoms with Gasteiger partial charge >= 0.3 is 0 Å². The van der Waals surface area contributed by atoms with Crippen molar-refractivity contribution in [3.8, 4) is 0 Å². The van der Waals surface area contributed by atoms with E-state index in [9.17, 15) is 9.90 Å². The summed E-state index contributed by atoms with van der Waals surface area (Å²) in [6.07, 6.45) is 3.71. The molecular formula is C15H22N2O2. The van der Waals surface area contributed by atoms with Gasteiger partial charge < -0.3 is 16.2 Å². The Morgan fingerprint density at radius 2 is 2.16 bits per heavy atom. The molecule has 2 rings (SSSR count). The topological polar surface area (TPSA) is 75.3 Å². The Morgan fingerprint density at radius 1 is 1.47 bits per heavy atom. The first kappa shape index (κ1) is 13.9. The van der Waals surface area contributed by atoms with E-state index in [0.717, 1.165) is 25.7 Å². The first-order valence-electron chi connectivity index (χ1n) is 6.85. The minimum atomic E-state index is -0.749. The van der Waals surface area contributed by atoms with Gasteiger partial charge in [-0.15, -0.1) is 0 Å². The molecule has 1 aliphatic carbocycles. The van der Waals surface area contributed by atoms with Crippen LogP contribution < -0.4 is 11.1 Å². The van der Waals surface area contributed by atoms with Gasteiger partial charge in [-0.25, -0.2) is 0 Å². The van der Waals surface area contributed by atoms with Gasteiger partial charge in [-0.05, 0) is 43.0 Å². The number of hydrogen-bond donors (Lipinski definition) is 3. The quantitative estimate of drug-likeness (QED) is 0.729. The zero-order valence-corrected chi connectivity index (χ0v) is 11.4. The number of nitrogens with two attached hydrogens (primary N) is 1. The van der Waals surface area contributed by atoms with Crippen LogP contribution in [0.4, 0.5) is 5.69 Å². The Labute approximate surface area is 114 Å². The average molecular weight is 262 g/mol. The van der Waals surface area contributed by atoms with E-state index in [0.29, 0.717) is 23.7 Å². The number of hydrogen-bond acceptors (Lipinski definition) is 3. The third-order valence-electron chi connectivity index (χ3n) is 3.82. The molecule has 1 aromatic rings. The van der Waals surface area contributed by atoms with Crippen LogP contribution in [-0.4, -0.2) is 23.2 Å². The fraction of sp³-hybridized carbons (Fsp3) is 0.533. The number of carbonyl (C=O) groups is 1. The number of amides is 1. The molecule has 19 heavy (non-hydrogen) atoms. The van der Waals surface area contributed by atoms with Crippen molar-refractivity contribution >= 4 is 11.6 Å². The van der Waals surface area contributed by atoms with E-state index >= 15 is 0 Å². The van der Waals surface area contributed by atoms with Crippen molar-refractivity contribution in [1.82, 2.24) is 5.32 Å². The maximum atomic E-state index is 12.0. The van der Waals surface area contributed by atoms with Crippen molar-refractivity contribution in [2.75, 3.05) is 12.3 Å². The minimum absolute atomic E-state index is 0.161. The van der Waals surface area contributed by atoms with Crippen molar-refractivity contribution in [2.24, 2.45) is 5.92 Å². The summed E-state index contributed by atoms with van der Waals surface area (Å²) in [6, 6.07) is 6.79. The molecule has 4 nitrogen and oxygen atoms in total. The Morgan fingerprint density at radius 3 is 2.79 bits per heavy atom. The molecular weight excluding hydrogens is 240 g/mol. The van der Waals surface area contributed by atoms with Gasteiger partial charge in [0.25, 0.3) is 5.91 Å².